The van der Waals surface area contributed by atoms with E-state index < -0.39 is 4.92 Å². The van der Waals surface area contributed by atoms with Gasteiger partial charge in [-0.2, -0.15) is 4.57 Å². The highest BCUT2D eigenvalue weighted by Gasteiger charge is 2.14. The summed E-state index contributed by atoms with van der Waals surface area (Å²) < 4.78 is 1.72. The van der Waals surface area contributed by atoms with Crippen LogP contribution in [0.1, 0.15) is 5.56 Å². The van der Waals surface area contributed by atoms with Crippen LogP contribution in [0.25, 0.3) is 0 Å². The Labute approximate surface area is 115 Å². The van der Waals surface area contributed by atoms with Gasteiger partial charge in [-0.15, -0.1) is 0 Å². The summed E-state index contributed by atoms with van der Waals surface area (Å²) in [6, 6.07) is 10.1. The predicted molar refractivity (Wildman–Crippen MR) is 73.1 cm³/mol. The van der Waals surface area contributed by atoms with E-state index in [-0.39, 0.29) is 18.1 Å². The number of hydrogen-bond donors (Lipinski definition) is 1. The topological polar surface area (TPSA) is 76.1 Å². The van der Waals surface area contributed by atoms with Gasteiger partial charge in [0.15, 0.2) is 12.4 Å². The average molecular weight is 272 g/mol. The Balaban J connectivity index is 2.08. The number of nitrogens with one attached hydrogen (secondary N) is 1. The zero-order valence-electron chi connectivity index (χ0n) is 10.9. The average Bonchev–Trinajstić information content (AvgIpc) is 2.41. The van der Waals surface area contributed by atoms with Gasteiger partial charge in [-0.05, 0) is 13.0 Å². The van der Waals surface area contributed by atoms with Crippen LogP contribution in [0, 0.1) is 17.0 Å². The molecular weight excluding hydrogens is 258 g/mol. The molecule has 1 heterocycles. The molecule has 0 radical (unpaired) electrons. The summed E-state index contributed by atoms with van der Waals surface area (Å²) in [5.74, 6) is -0.237. The van der Waals surface area contributed by atoms with E-state index in [1.54, 1.807) is 36.0 Å². The molecule has 0 unspecified atom stereocenters. The number of anilines is 1. The molecule has 1 N–H and O–H groups in total. The van der Waals surface area contributed by atoms with Gasteiger partial charge in [0.1, 0.15) is 0 Å². The number of rotatable bonds is 4. The molecule has 20 heavy (non-hydrogen) atoms. The fraction of sp³-hybridized carbons (Fsp3) is 0.143. The second kappa shape index (κ2) is 5.92. The van der Waals surface area contributed by atoms with Gasteiger partial charge in [0.05, 0.1) is 4.92 Å². The number of pyridine rings is 1. The van der Waals surface area contributed by atoms with Crippen molar-refractivity contribution in [2.45, 2.75) is 13.5 Å². The monoisotopic (exact) mass is 272 g/mol. The molecule has 1 aromatic heterocycles. The van der Waals surface area contributed by atoms with Crippen LogP contribution in [0.5, 0.6) is 0 Å². The van der Waals surface area contributed by atoms with E-state index in [9.17, 15) is 14.9 Å². The Morgan fingerprint density at radius 3 is 2.65 bits per heavy atom. The zero-order chi connectivity index (χ0) is 14.5. The summed E-state index contributed by atoms with van der Waals surface area (Å²) in [5.41, 5.74) is 0.976. The van der Waals surface area contributed by atoms with E-state index in [1.807, 2.05) is 18.2 Å². The van der Waals surface area contributed by atoms with Gasteiger partial charge in [0.25, 0.3) is 11.6 Å². The van der Waals surface area contributed by atoms with Crippen LogP contribution in [-0.2, 0) is 11.3 Å². The predicted octanol–water partition coefficient (Wildman–Crippen LogP) is 1.83. The lowest BCUT2D eigenvalue weighted by Crippen LogP contribution is -2.39. The molecule has 2 aromatic rings. The number of amides is 1. The number of nitrogens with zero attached hydrogens (tertiary/aromatic N) is 2. The number of nitro benzene ring substituents is 1. The van der Waals surface area contributed by atoms with Crippen LogP contribution in [0.4, 0.5) is 11.4 Å². The number of carbonyl (C=O) groups excluding carboxylic acids is 1. The molecule has 0 atom stereocenters. The lowest BCUT2D eigenvalue weighted by Gasteiger charge is -2.04. The van der Waals surface area contributed by atoms with Crippen LogP contribution in [0.15, 0.2) is 48.8 Å². The molecule has 1 aromatic carbocycles. The van der Waals surface area contributed by atoms with Crippen molar-refractivity contribution >= 4 is 17.3 Å². The maximum atomic E-state index is 11.8. The lowest BCUT2D eigenvalue weighted by molar-refractivity contribution is -0.684. The number of nitro groups is 1. The Bertz CT molecular complexity index is 641. The van der Waals surface area contributed by atoms with Crippen molar-refractivity contribution in [2.24, 2.45) is 0 Å². The van der Waals surface area contributed by atoms with Crippen molar-refractivity contribution in [3.63, 3.8) is 0 Å². The van der Waals surface area contributed by atoms with E-state index in [1.165, 1.54) is 6.07 Å². The molecule has 0 fully saturated rings. The van der Waals surface area contributed by atoms with Gasteiger partial charge in [-0.3, -0.25) is 14.9 Å². The highest BCUT2D eigenvalue weighted by Crippen LogP contribution is 2.22. The van der Waals surface area contributed by atoms with Crippen LogP contribution in [0.3, 0.4) is 0 Å². The molecule has 0 aliphatic rings. The first kappa shape index (κ1) is 13.7. The molecule has 0 bridgehead atoms. The van der Waals surface area contributed by atoms with Crippen molar-refractivity contribution < 1.29 is 14.3 Å². The standard InChI is InChI=1S/C14H13N3O3/c1-11-5-6-12(9-13(11)17(19)20)15-14(18)10-16-7-3-2-4-8-16/h2-9H,10H2,1H3/p+1. The number of hydrogen-bond acceptors (Lipinski definition) is 3. The smallest absolute Gasteiger partial charge is 0.290 e. The van der Waals surface area contributed by atoms with Crippen LogP contribution >= 0.6 is 0 Å². The SMILES string of the molecule is Cc1ccc(NC(=O)C[n+]2ccccc2)cc1[N+](=O)[O-]. The van der Waals surface area contributed by atoms with E-state index in [4.69, 9.17) is 0 Å². The minimum Gasteiger partial charge on any atom is -0.320 e. The number of carbonyl (C=O) groups is 1. The molecule has 0 aliphatic heterocycles. The maximum absolute atomic E-state index is 11.8. The molecule has 2 rings (SSSR count). The van der Waals surface area contributed by atoms with Crippen molar-refractivity contribution in [1.82, 2.24) is 0 Å². The van der Waals surface area contributed by atoms with Crippen LogP contribution < -0.4 is 9.88 Å². The van der Waals surface area contributed by atoms with Crippen molar-refractivity contribution in [3.05, 3.63) is 64.5 Å². The van der Waals surface area contributed by atoms with Crippen molar-refractivity contribution in [1.29, 1.82) is 0 Å². The fourth-order valence-electron chi connectivity index (χ4n) is 1.79. The summed E-state index contributed by atoms with van der Waals surface area (Å²) in [4.78, 5) is 22.2. The third-order valence-electron chi connectivity index (χ3n) is 2.79. The van der Waals surface area contributed by atoms with Gasteiger partial charge in [0, 0.05) is 29.4 Å². The molecule has 6 nitrogen and oxygen atoms in total. The van der Waals surface area contributed by atoms with Crippen LogP contribution in [-0.4, -0.2) is 10.8 Å². The van der Waals surface area contributed by atoms with Gasteiger partial charge >= 0.3 is 0 Å². The van der Waals surface area contributed by atoms with Gasteiger partial charge in [-0.25, -0.2) is 0 Å². The Morgan fingerprint density at radius 2 is 2.00 bits per heavy atom. The Kier molecular flexibility index (Phi) is 4.05. The largest absolute Gasteiger partial charge is 0.320 e. The minimum atomic E-state index is -0.461. The van der Waals surface area contributed by atoms with Crippen LogP contribution in [0.2, 0.25) is 0 Å². The number of aryl methyl sites for hydroxylation is 1. The molecule has 6 heteroatoms. The summed E-state index contributed by atoms with van der Waals surface area (Å²) in [7, 11) is 0. The number of aromatic nitrogens is 1. The highest BCUT2D eigenvalue weighted by atomic mass is 16.6. The second-order valence-electron chi connectivity index (χ2n) is 4.35. The Hall–Kier alpha value is -2.76. The molecule has 0 aliphatic carbocycles. The van der Waals surface area contributed by atoms with E-state index in [0.29, 0.717) is 11.3 Å². The van der Waals surface area contributed by atoms with Gasteiger partial charge in [0.2, 0.25) is 6.54 Å². The molecule has 0 saturated heterocycles. The van der Waals surface area contributed by atoms with E-state index in [2.05, 4.69) is 5.32 Å². The van der Waals surface area contributed by atoms with Gasteiger partial charge in [-0.1, -0.05) is 12.1 Å². The van der Waals surface area contributed by atoms with Crippen molar-refractivity contribution in [2.75, 3.05) is 5.32 Å². The quantitative estimate of drug-likeness (QED) is 0.524. The molecule has 1 amide bonds. The highest BCUT2D eigenvalue weighted by molar-refractivity contribution is 5.90. The summed E-state index contributed by atoms with van der Waals surface area (Å²) in [6.45, 7) is 1.81. The third-order valence-corrected chi connectivity index (χ3v) is 2.79. The lowest BCUT2D eigenvalue weighted by atomic mass is 10.2. The van der Waals surface area contributed by atoms with Crippen molar-refractivity contribution in [3.8, 4) is 0 Å². The first-order valence-corrected chi connectivity index (χ1v) is 6.05. The molecule has 102 valence electrons. The summed E-state index contributed by atoms with van der Waals surface area (Å²) in [6.07, 6.45) is 3.55. The molecular formula is C14H14N3O3+. The van der Waals surface area contributed by atoms with Gasteiger partial charge < -0.3 is 5.32 Å². The zero-order valence-corrected chi connectivity index (χ0v) is 10.9. The Morgan fingerprint density at radius 1 is 1.30 bits per heavy atom. The summed E-state index contributed by atoms with van der Waals surface area (Å²) >= 11 is 0. The summed E-state index contributed by atoms with van der Waals surface area (Å²) in [5, 5.41) is 13.5. The first-order chi connectivity index (χ1) is 9.56. The first-order valence-electron chi connectivity index (χ1n) is 6.05. The normalized spacial score (nSPS) is 10.1. The fourth-order valence-corrected chi connectivity index (χ4v) is 1.79. The maximum Gasteiger partial charge on any atom is 0.290 e. The molecule has 0 spiro atoms. The third kappa shape index (κ3) is 3.38. The second-order valence-corrected chi connectivity index (χ2v) is 4.35. The molecule has 0 saturated carbocycles. The van der Waals surface area contributed by atoms with E-state index in [0.717, 1.165) is 0 Å². The van der Waals surface area contributed by atoms with E-state index >= 15 is 0 Å². The number of benzene rings is 1. The minimum absolute atomic E-state index is 0.00448.